The highest BCUT2D eigenvalue weighted by atomic mass is 19.1. The number of carbonyl (C=O) groups is 3. The summed E-state index contributed by atoms with van der Waals surface area (Å²) in [5, 5.41) is 6.06. The van der Waals surface area contributed by atoms with E-state index in [0.717, 1.165) is 30.4 Å². The lowest BCUT2D eigenvalue weighted by molar-refractivity contribution is -0.130. The van der Waals surface area contributed by atoms with Crippen molar-refractivity contribution in [1.29, 1.82) is 0 Å². The molecule has 0 radical (unpaired) electrons. The topological polar surface area (TPSA) is 78.5 Å². The minimum atomic E-state index is -0.541. The third-order valence-corrected chi connectivity index (χ3v) is 6.44. The summed E-state index contributed by atoms with van der Waals surface area (Å²) in [5.74, 6) is -0.604. The largest absolute Gasteiger partial charge is 0.348 e. The molecular weight excluding hydrogens is 409 g/mol. The Balaban J connectivity index is 1.62. The Hall–Kier alpha value is -3.22. The summed E-state index contributed by atoms with van der Waals surface area (Å²) in [6, 6.07) is 13.6. The molecule has 2 aromatic rings. The van der Waals surface area contributed by atoms with Gasteiger partial charge >= 0.3 is 0 Å². The Kier molecular flexibility index (Phi) is 6.26. The maximum absolute atomic E-state index is 13.2. The van der Waals surface area contributed by atoms with Crippen molar-refractivity contribution in [2.75, 3.05) is 18.4 Å². The SMILES string of the molecule is CC(=O)Nc1cccc([C@@H]2CN(C(=O)Cc3ccc(F)cc3)C[C@]23CCCCC(=O)N3)c1. The van der Waals surface area contributed by atoms with E-state index in [9.17, 15) is 18.8 Å². The molecule has 0 saturated carbocycles. The van der Waals surface area contributed by atoms with Gasteiger partial charge in [-0.1, -0.05) is 30.7 Å². The highest BCUT2D eigenvalue weighted by Gasteiger charge is 2.49. The molecule has 0 unspecified atom stereocenters. The Morgan fingerprint density at radius 2 is 1.97 bits per heavy atom. The zero-order valence-electron chi connectivity index (χ0n) is 18.2. The van der Waals surface area contributed by atoms with Gasteiger partial charge in [-0.05, 0) is 48.2 Å². The molecule has 2 aromatic carbocycles. The summed E-state index contributed by atoms with van der Waals surface area (Å²) in [5.41, 5.74) is 1.89. The van der Waals surface area contributed by atoms with Crippen molar-refractivity contribution in [3.05, 3.63) is 65.5 Å². The van der Waals surface area contributed by atoms with Crippen molar-refractivity contribution in [3.8, 4) is 0 Å². The van der Waals surface area contributed by atoms with Gasteiger partial charge in [0.2, 0.25) is 17.7 Å². The molecule has 4 rings (SSSR count). The number of halogens is 1. The molecule has 2 fully saturated rings. The number of benzene rings is 2. The lowest BCUT2D eigenvalue weighted by atomic mass is 9.79. The van der Waals surface area contributed by atoms with Gasteiger partial charge in [0, 0.05) is 38.0 Å². The Morgan fingerprint density at radius 3 is 2.72 bits per heavy atom. The monoisotopic (exact) mass is 437 g/mol. The minimum absolute atomic E-state index is 0.0124. The molecule has 32 heavy (non-hydrogen) atoms. The smallest absolute Gasteiger partial charge is 0.227 e. The first kappa shape index (κ1) is 22.0. The fourth-order valence-electron chi connectivity index (χ4n) is 4.96. The van der Waals surface area contributed by atoms with Crippen molar-refractivity contribution < 1.29 is 18.8 Å². The summed E-state index contributed by atoms with van der Waals surface area (Å²) in [4.78, 5) is 39.0. The van der Waals surface area contributed by atoms with Crippen molar-refractivity contribution in [3.63, 3.8) is 0 Å². The second kappa shape index (κ2) is 9.10. The molecule has 2 heterocycles. The third kappa shape index (κ3) is 4.82. The zero-order valence-corrected chi connectivity index (χ0v) is 18.2. The van der Waals surface area contributed by atoms with E-state index < -0.39 is 5.54 Å². The fraction of sp³-hybridized carbons (Fsp3) is 0.400. The van der Waals surface area contributed by atoms with E-state index in [-0.39, 0.29) is 35.9 Å². The predicted octanol–water partition coefficient (Wildman–Crippen LogP) is 3.38. The van der Waals surface area contributed by atoms with Gasteiger partial charge < -0.3 is 15.5 Å². The number of anilines is 1. The second-order valence-corrected chi connectivity index (χ2v) is 8.85. The molecule has 7 heteroatoms. The fourth-order valence-corrected chi connectivity index (χ4v) is 4.96. The van der Waals surface area contributed by atoms with Crippen molar-refractivity contribution >= 4 is 23.4 Å². The highest BCUT2D eigenvalue weighted by molar-refractivity contribution is 5.88. The minimum Gasteiger partial charge on any atom is -0.348 e. The average molecular weight is 438 g/mol. The molecule has 2 saturated heterocycles. The van der Waals surface area contributed by atoms with Crippen LogP contribution in [-0.2, 0) is 20.8 Å². The van der Waals surface area contributed by atoms with E-state index in [0.29, 0.717) is 25.2 Å². The molecule has 2 aliphatic rings. The molecule has 6 nitrogen and oxygen atoms in total. The van der Waals surface area contributed by atoms with Crippen LogP contribution in [0, 0.1) is 5.82 Å². The highest BCUT2D eigenvalue weighted by Crippen LogP contribution is 2.41. The summed E-state index contributed by atoms with van der Waals surface area (Å²) < 4.78 is 13.2. The number of likely N-dealkylation sites (tertiary alicyclic amines) is 1. The Labute approximate surface area is 187 Å². The number of nitrogens with one attached hydrogen (secondary N) is 2. The maximum Gasteiger partial charge on any atom is 0.227 e. The first-order valence-corrected chi connectivity index (χ1v) is 11.1. The summed E-state index contributed by atoms with van der Waals surface area (Å²) >= 11 is 0. The van der Waals surface area contributed by atoms with Gasteiger partial charge in [0.25, 0.3) is 0 Å². The van der Waals surface area contributed by atoms with Gasteiger partial charge in [0.15, 0.2) is 0 Å². The van der Waals surface area contributed by atoms with E-state index in [2.05, 4.69) is 10.6 Å². The average Bonchev–Trinajstić information content (AvgIpc) is 3.01. The van der Waals surface area contributed by atoms with Crippen LogP contribution in [0.1, 0.15) is 49.7 Å². The molecule has 2 aliphatic heterocycles. The van der Waals surface area contributed by atoms with Crippen LogP contribution >= 0.6 is 0 Å². The molecule has 0 bridgehead atoms. The van der Waals surface area contributed by atoms with Gasteiger partial charge in [-0.25, -0.2) is 4.39 Å². The predicted molar refractivity (Wildman–Crippen MR) is 120 cm³/mol. The van der Waals surface area contributed by atoms with Crippen LogP contribution in [0.4, 0.5) is 10.1 Å². The van der Waals surface area contributed by atoms with Gasteiger partial charge in [-0.2, -0.15) is 0 Å². The molecular formula is C25H28FN3O3. The molecule has 3 amide bonds. The van der Waals surface area contributed by atoms with Gasteiger partial charge in [-0.3, -0.25) is 14.4 Å². The first-order chi connectivity index (χ1) is 15.3. The second-order valence-electron chi connectivity index (χ2n) is 8.85. The van der Waals surface area contributed by atoms with Crippen molar-refractivity contribution in [2.45, 2.75) is 50.5 Å². The van der Waals surface area contributed by atoms with Crippen LogP contribution in [-0.4, -0.2) is 41.2 Å². The molecule has 0 aliphatic carbocycles. The van der Waals surface area contributed by atoms with Crippen LogP contribution in [0.15, 0.2) is 48.5 Å². The summed E-state index contributed by atoms with van der Waals surface area (Å²) in [6.07, 6.45) is 3.19. The standard InChI is InChI=1S/C25H28FN3O3/c1-17(30)27-21-6-4-5-19(14-21)22-15-29(16-25(22)12-3-2-7-23(31)28-25)24(32)13-18-8-10-20(26)11-9-18/h4-6,8-11,14,22H,2-3,7,12-13,15-16H2,1H3,(H,27,30)(H,28,31)/t22-,25+/m0/s1. The van der Waals surface area contributed by atoms with Crippen LogP contribution in [0.25, 0.3) is 0 Å². The number of hydrogen-bond donors (Lipinski definition) is 2. The van der Waals surface area contributed by atoms with Gasteiger partial charge in [0.1, 0.15) is 5.82 Å². The third-order valence-electron chi connectivity index (χ3n) is 6.44. The lowest BCUT2D eigenvalue weighted by Crippen LogP contribution is -2.52. The maximum atomic E-state index is 13.2. The Morgan fingerprint density at radius 1 is 1.19 bits per heavy atom. The normalized spacial score (nSPS) is 23.0. The molecule has 1 spiro atoms. The van der Waals surface area contributed by atoms with Crippen LogP contribution < -0.4 is 10.6 Å². The number of amides is 3. The van der Waals surface area contributed by atoms with Crippen LogP contribution in [0.3, 0.4) is 0 Å². The number of rotatable bonds is 4. The molecule has 2 N–H and O–H groups in total. The molecule has 2 atom stereocenters. The van der Waals surface area contributed by atoms with Crippen molar-refractivity contribution in [2.24, 2.45) is 0 Å². The zero-order chi connectivity index (χ0) is 22.7. The lowest BCUT2D eigenvalue weighted by Gasteiger charge is -2.35. The van der Waals surface area contributed by atoms with E-state index in [1.165, 1.54) is 19.1 Å². The quantitative estimate of drug-likeness (QED) is 0.770. The Bertz CT molecular complexity index is 1020. The number of nitrogens with zero attached hydrogens (tertiary/aromatic N) is 1. The van der Waals surface area contributed by atoms with E-state index in [4.69, 9.17) is 0 Å². The summed E-state index contributed by atoms with van der Waals surface area (Å²) in [6.45, 7) is 2.38. The molecule has 168 valence electrons. The van der Waals surface area contributed by atoms with Gasteiger partial charge in [0.05, 0.1) is 12.0 Å². The van der Waals surface area contributed by atoms with Gasteiger partial charge in [-0.15, -0.1) is 0 Å². The summed E-state index contributed by atoms with van der Waals surface area (Å²) in [7, 11) is 0. The van der Waals surface area contributed by atoms with E-state index in [1.807, 2.05) is 29.2 Å². The van der Waals surface area contributed by atoms with Crippen LogP contribution in [0.2, 0.25) is 0 Å². The molecule has 0 aromatic heterocycles. The van der Waals surface area contributed by atoms with E-state index >= 15 is 0 Å². The number of carbonyl (C=O) groups excluding carboxylic acids is 3. The van der Waals surface area contributed by atoms with Crippen molar-refractivity contribution in [1.82, 2.24) is 10.2 Å². The van der Waals surface area contributed by atoms with E-state index in [1.54, 1.807) is 12.1 Å². The first-order valence-electron chi connectivity index (χ1n) is 11.1. The van der Waals surface area contributed by atoms with Crippen LogP contribution in [0.5, 0.6) is 0 Å². The number of hydrogen-bond acceptors (Lipinski definition) is 3.